The highest BCUT2D eigenvalue weighted by atomic mass is 16.6. The number of carbonyl (C=O) groups excluding carboxylic acids is 1. The van der Waals surface area contributed by atoms with Crippen molar-refractivity contribution in [3.05, 3.63) is 52.7 Å². The number of rotatable bonds is 8. The predicted molar refractivity (Wildman–Crippen MR) is 174 cm³/mol. The quantitative estimate of drug-likeness (QED) is 0.377. The first-order valence-corrected chi connectivity index (χ1v) is 15.9. The van der Waals surface area contributed by atoms with Gasteiger partial charge < -0.3 is 23.7 Å². The summed E-state index contributed by atoms with van der Waals surface area (Å²) in [6, 6.07) is 6.58. The number of aromatic nitrogens is 2. The lowest BCUT2D eigenvalue weighted by molar-refractivity contribution is -0.0317. The van der Waals surface area contributed by atoms with Crippen LogP contribution in [0.5, 0.6) is 11.5 Å². The molecular formula is C34H46N6O5. The number of amides is 1. The van der Waals surface area contributed by atoms with Gasteiger partial charge in [0.2, 0.25) is 0 Å². The Bertz CT molecular complexity index is 1570. The van der Waals surface area contributed by atoms with Crippen molar-refractivity contribution in [3.8, 4) is 22.6 Å². The molecule has 2 aromatic heterocycles. The zero-order chi connectivity index (χ0) is 31.9. The molecule has 0 unspecified atom stereocenters. The number of benzene rings is 1. The van der Waals surface area contributed by atoms with Crippen LogP contribution in [0.4, 0.5) is 4.79 Å². The number of hydrogen-bond donors (Lipinski definition) is 0. The van der Waals surface area contributed by atoms with E-state index in [2.05, 4.69) is 19.7 Å². The number of aryl methyl sites for hydroxylation is 1. The first-order chi connectivity index (χ1) is 21.5. The lowest BCUT2D eigenvalue weighted by Crippen LogP contribution is -2.65. The first-order valence-electron chi connectivity index (χ1n) is 15.9. The second-order valence-electron chi connectivity index (χ2n) is 13.7. The molecule has 5 heterocycles. The third-order valence-electron chi connectivity index (χ3n) is 9.27. The molecule has 1 aromatic carbocycles. The van der Waals surface area contributed by atoms with Gasteiger partial charge in [0.05, 0.1) is 25.2 Å². The lowest BCUT2D eigenvalue weighted by Gasteiger charge is -2.50. The summed E-state index contributed by atoms with van der Waals surface area (Å²) < 4.78 is 18.9. The highest BCUT2D eigenvalue weighted by Crippen LogP contribution is 2.38. The van der Waals surface area contributed by atoms with E-state index in [4.69, 9.17) is 14.2 Å². The van der Waals surface area contributed by atoms with Gasteiger partial charge in [-0.2, -0.15) is 0 Å². The normalized spacial score (nSPS) is 18.9. The zero-order valence-electron chi connectivity index (χ0n) is 27.4. The van der Waals surface area contributed by atoms with E-state index in [1.54, 1.807) is 38.2 Å². The topological polar surface area (TPSA) is 92.6 Å². The maximum Gasteiger partial charge on any atom is 0.410 e. The van der Waals surface area contributed by atoms with Gasteiger partial charge in [-0.05, 0) is 49.9 Å². The summed E-state index contributed by atoms with van der Waals surface area (Å²) in [6.45, 7) is 15.3. The molecule has 3 aromatic rings. The number of carbonyl (C=O) groups is 1. The average Bonchev–Trinajstić information content (AvgIpc) is 2.97. The van der Waals surface area contributed by atoms with E-state index < -0.39 is 5.60 Å². The molecule has 0 aliphatic carbocycles. The molecule has 0 saturated carbocycles. The van der Waals surface area contributed by atoms with E-state index >= 15 is 0 Å². The maximum atomic E-state index is 12.7. The minimum atomic E-state index is -0.445. The molecule has 0 atom stereocenters. The van der Waals surface area contributed by atoms with Crippen molar-refractivity contribution in [1.82, 2.24) is 29.2 Å². The Balaban J connectivity index is 1.03. The second kappa shape index (κ2) is 12.6. The molecule has 0 bridgehead atoms. The third-order valence-corrected chi connectivity index (χ3v) is 9.27. The van der Waals surface area contributed by atoms with Crippen LogP contribution in [0, 0.1) is 5.92 Å². The molecule has 3 saturated heterocycles. The summed E-state index contributed by atoms with van der Waals surface area (Å²) in [4.78, 5) is 38.5. The summed E-state index contributed by atoms with van der Waals surface area (Å²) >= 11 is 0. The molecule has 0 radical (unpaired) electrons. The van der Waals surface area contributed by atoms with Crippen LogP contribution in [0.15, 0.2) is 41.6 Å². The van der Waals surface area contributed by atoms with E-state index in [9.17, 15) is 9.59 Å². The molecule has 242 valence electrons. The Morgan fingerprint density at radius 2 is 1.62 bits per heavy atom. The fourth-order valence-corrected chi connectivity index (χ4v) is 6.80. The molecule has 11 heteroatoms. The van der Waals surface area contributed by atoms with Crippen molar-refractivity contribution in [3.63, 3.8) is 0 Å². The largest absolute Gasteiger partial charge is 0.496 e. The highest BCUT2D eigenvalue weighted by molar-refractivity contribution is 5.95. The van der Waals surface area contributed by atoms with Gasteiger partial charge in [0.15, 0.2) is 0 Å². The van der Waals surface area contributed by atoms with Crippen LogP contribution in [0.25, 0.3) is 21.9 Å². The molecule has 11 nitrogen and oxygen atoms in total. The van der Waals surface area contributed by atoms with Crippen molar-refractivity contribution < 1.29 is 19.0 Å². The minimum Gasteiger partial charge on any atom is -0.496 e. The van der Waals surface area contributed by atoms with E-state index in [-0.39, 0.29) is 11.7 Å². The van der Waals surface area contributed by atoms with E-state index in [1.807, 2.05) is 50.1 Å². The summed E-state index contributed by atoms with van der Waals surface area (Å²) in [7, 11) is 5.16. The van der Waals surface area contributed by atoms with Crippen molar-refractivity contribution in [2.24, 2.45) is 13.0 Å². The van der Waals surface area contributed by atoms with E-state index in [0.717, 1.165) is 99.0 Å². The molecule has 3 aliphatic rings. The number of methoxy groups -OCH3 is 2. The maximum absolute atomic E-state index is 12.7. The molecule has 6 rings (SSSR count). The summed E-state index contributed by atoms with van der Waals surface area (Å²) in [5.41, 5.74) is 2.37. The Labute approximate surface area is 265 Å². The van der Waals surface area contributed by atoms with Crippen LogP contribution in [0.1, 0.15) is 26.3 Å². The fraction of sp³-hybridized carbons (Fsp3) is 0.559. The minimum absolute atomic E-state index is 0.0730. The molecule has 1 amide bonds. The standard InChI is InChI=1S/C34H46N6O5/c1-34(2,3)45-33(42)40-17-23(18-40)16-38-19-25(20-38)39-11-9-37(10-12-39)22-29-30(43-5)13-24(14-31(29)44-6)28-21-36(4)32(41)27-15-35-8-7-26(27)28/h7-8,13-15,21,23,25H,9-12,16-20,22H2,1-6H3. The van der Waals surface area contributed by atoms with Crippen LogP contribution in [0.2, 0.25) is 0 Å². The van der Waals surface area contributed by atoms with E-state index in [1.165, 1.54) is 0 Å². The van der Waals surface area contributed by atoms with E-state index in [0.29, 0.717) is 17.3 Å². The zero-order valence-corrected chi connectivity index (χ0v) is 27.4. The SMILES string of the molecule is COc1cc(-c2cn(C)c(=O)c3cnccc23)cc(OC)c1CN1CCN(C2CN(CC3CN(C(=O)OC(C)(C)C)C3)C2)CC1. The third kappa shape index (κ3) is 6.66. The van der Waals surface area contributed by atoms with Crippen LogP contribution in [0.3, 0.4) is 0 Å². The number of likely N-dealkylation sites (tertiary alicyclic amines) is 2. The number of pyridine rings is 2. The van der Waals surface area contributed by atoms with Crippen LogP contribution >= 0.6 is 0 Å². The monoisotopic (exact) mass is 618 g/mol. The highest BCUT2D eigenvalue weighted by Gasteiger charge is 2.39. The Kier molecular flexibility index (Phi) is 8.78. The summed E-state index contributed by atoms with van der Waals surface area (Å²) in [5, 5.41) is 1.44. The first kappa shape index (κ1) is 31.3. The second-order valence-corrected chi connectivity index (χ2v) is 13.7. The molecule has 0 spiro atoms. The van der Waals surface area contributed by atoms with Crippen molar-refractivity contribution in [2.75, 3.05) is 73.1 Å². The fourth-order valence-electron chi connectivity index (χ4n) is 6.80. The van der Waals surface area contributed by atoms with Crippen molar-refractivity contribution in [2.45, 2.75) is 39.0 Å². The molecule has 45 heavy (non-hydrogen) atoms. The number of fused-ring (bicyclic) bond motifs is 1. The summed E-state index contributed by atoms with van der Waals surface area (Å²) in [6.07, 6.45) is 5.01. The van der Waals surface area contributed by atoms with Crippen molar-refractivity contribution in [1.29, 1.82) is 0 Å². The van der Waals surface area contributed by atoms with Crippen molar-refractivity contribution >= 4 is 16.9 Å². The van der Waals surface area contributed by atoms with Gasteiger partial charge in [0, 0.05) is 109 Å². The number of ether oxygens (including phenoxy) is 3. The molecular weight excluding hydrogens is 572 g/mol. The van der Waals surface area contributed by atoms with Crippen LogP contribution < -0.4 is 15.0 Å². The van der Waals surface area contributed by atoms with Gasteiger partial charge in [0.25, 0.3) is 5.56 Å². The summed E-state index contributed by atoms with van der Waals surface area (Å²) in [5.74, 6) is 2.09. The Morgan fingerprint density at radius 1 is 0.956 bits per heavy atom. The van der Waals surface area contributed by atoms with Gasteiger partial charge in [-0.25, -0.2) is 4.79 Å². The van der Waals surface area contributed by atoms with Crippen LogP contribution in [-0.4, -0.2) is 120 Å². The smallest absolute Gasteiger partial charge is 0.410 e. The molecule has 3 aliphatic heterocycles. The van der Waals surface area contributed by atoms with Gasteiger partial charge in [0.1, 0.15) is 17.1 Å². The Hall–Kier alpha value is -3.67. The molecule has 0 N–H and O–H groups in total. The van der Waals surface area contributed by atoms with Gasteiger partial charge in [-0.3, -0.25) is 24.5 Å². The molecule has 3 fully saturated rings. The predicted octanol–water partition coefficient (Wildman–Crippen LogP) is 3.29. The number of piperazine rings is 1. The Morgan fingerprint density at radius 3 is 2.24 bits per heavy atom. The lowest BCUT2D eigenvalue weighted by atomic mass is 9.96. The number of hydrogen-bond acceptors (Lipinski definition) is 9. The van der Waals surface area contributed by atoms with Gasteiger partial charge in [-0.1, -0.05) is 0 Å². The van der Waals surface area contributed by atoms with Gasteiger partial charge >= 0.3 is 6.09 Å². The van der Waals surface area contributed by atoms with Gasteiger partial charge in [-0.15, -0.1) is 0 Å². The number of nitrogens with zero attached hydrogens (tertiary/aromatic N) is 6. The van der Waals surface area contributed by atoms with Crippen LogP contribution in [-0.2, 0) is 18.3 Å². The average molecular weight is 619 g/mol.